The number of thiophene rings is 1. The number of amides is 1. The number of aryl methyl sites for hydroxylation is 3. The first-order chi connectivity index (χ1) is 22.7. The molecule has 0 unspecified atom stereocenters. The van der Waals surface area contributed by atoms with Crippen LogP contribution in [0.5, 0.6) is 5.88 Å². The number of fused-ring (bicyclic) bond motifs is 3. The SMILES string of the molecule is C=CC(=O)N(C)CCOc1cccc(Nc2cc(-c3cc(F)cc(-n4ncc5c6c(sc5c4=O)CCCC6)c3CC)cn(C)c2=O)n1. The number of hydrogen-bond acceptors (Lipinski definition) is 8. The van der Waals surface area contributed by atoms with Crippen LogP contribution in [-0.2, 0) is 31.1 Å². The molecule has 0 atom stereocenters. The summed E-state index contributed by atoms with van der Waals surface area (Å²) in [5.41, 5.74) is 3.08. The number of anilines is 2. The summed E-state index contributed by atoms with van der Waals surface area (Å²) in [6, 6.07) is 9.52. The van der Waals surface area contributed by atoms with Gasteiger partial charge in [0, 0.05) is 48.3 Å². The van der Waals surface area contributed by atoms with E-state index in [1.165, 1.54) is 54.1 Å². The number of nitrogens with one attached hydrogen (secondary N) is 1. The monoisotopic (exact) mass is 654 g/mol. The minimum atomic E-state index is -0.526. The van der Waals surface area contributed by atoms with Crippen LogP contribution in [0.1, 0.15) is 35.8 Å². The Morgan fingerprint density at radius 3 is 2.79 bits per heavy atom. The molecular formula is C35H35FN6O4S. The maximum Gasteiger partial charge on any atom is 0.289 e. The number of pyridine rings is 2. The van der Waals surface area contributed by atoms with Gasteiger partial charge in [-0.2, -0.15) is 14.8 Å². The molecule has 0 spiro atoms. The van der Waals surface area contributed by atoms with E-state index in [4.69, 9.17) is 4.74 Å². The number of aromatic nitrogens is 4. The molecule has 47 heavy (non-hydrogen) atoms. The maximum absolute atomic E-state index is 15.4. The Morgan fingerprint density at radius 2 is 2.00 bits per heavy atom. The Balaban J connectivity index is 1.34. The van der Waals surface area contributed by atoms with Crippen molar-refractivity contribution in [2.75, 3.05) is 25.5 Å². The van der Waals surface area contributed by atoms with Gasteiger partial charge in [-0.1, -0.05) is 19.6 Å². The van der Waals surface area contributed by atoms with Crippen LogP contribution in [0.25, 0.3) is 26.9 Å². The van der Waals surface area contributed by atoms with E-state index in [0.29, 0.717) is 46.2 Å². The van der Waals surface area contributed by atoms with Crippen molar-refractivity contribution in [2.24, 2.45) is 7.05 Å². The zero-order valence-electron chi connectivity index (χ0n) is 26.5. The molecule has 1 N–H and O–H groups in total. The molecule has 12 heteroatoms. The second-order valence-corrected chi connectivity index (χ2v) is 12.6. The molecule has 4 aromatic heterocycles. The zero-order chi connectivity index (χ0) is 33.2. The quantitative estimate of drug-likeness (QED) is 0.197. The number of carbonyl (C=O) groups excluding carboxylic acids is 1. The molecule has 4 heterocycles. The van der Waals surface area contributed by atoms with Gasteiger partial charge in [-0.25, -0.2) is 4.39 Å². The van der Waals surface area contributed by atoms with Gasteiger partial charge in [-0.3, -0.25) is 14.4 Å². The second-order valence-electron chi connectivity index (χ2n) is 11.5. The molecule has 0 saturated carbocycles. The van der Waals surface area contributed by atoms with Crippen LogP contribution in [0.4, 0.5) is 15.9 Å². The van der Waals surface area contributed by atoms with Crippen LogP contribution in [0.3, 0.4) is 0 Å². The van der Waals surface area contributed by atoms with Gasteiger partial charge in [0.05, 0.1) is 18.4 Å². The maximum atomic E-state index is 15.4. The van der Waals surface area contributed by atoms with E-state index in [2.05, 4.69) is 22.0 Å². The predicted molar refractivity (Wildman–Crippen MR) is 183 cm³/mol. The third-order valence-electron chi connectivity index (χ3n) is 8.38. The lowest BCUT2D eigenvalue weighted by Gasteiger charge is -2.17. The Kier molecular flexibility index (Phi) is 9.04. The lowest BCUT2D eigenvalue weighted by Crippen LogP contribution is -2.29. The second kappa shape index (κ2) is 13.3. The number of halogens is 1. The summed E-state index contributed by atoms with van der Waals surface area (Å²) in [6.07, 6.45) is 9.21. The predicted octanol–water partition coefficient (Wildman–Crippen LogP) is 5.56. The molecule has 5 aromatic rings. The molecule has 6 rings (SSSR count). The van der Waals surface area contributed by atoms with Crippen molar-refractivity contribution in [3.05, 3.63) is 104 Å². The first-order valence-corrected chi connectivity index (χ1v) is 16.3. The summed E-state index contributed by atoms with van der Waals surface area (Å²) in [6.45, 7) is 5.97. The van der Waals surface area contributed by atoms with Crippen LogP contribution in [-0.4, -0.2) is 50.3 Å². The smallest absolute Gasteiger partial charge is 0.289 e. The topological polar surface area (TPSA) is 111 Å². The normalized spacial score (nSPS) is 12.5. The van der Waals surface area contributed by atoms with E-state index in [9.17, 15) is 14.4 Å². The highest BCUT2D eigenvalue weighted by molar-refractivity contribution is 7.19. The Labute approximate surface area is 274 Å². The largest absolute Gasteiger partial charge is 0.476 e. The molecule has 242 valence electrons. The van der Waals surface area contributed by atoms with Crippen LogP contribution in [0.15, 0.2) is 71.0 Å². The average Bonchev–Trinajstić information content (AvgIpc) is 3.46. The number of hydrogen-bond donors (Lipinski definition) is 1. The Hall–Kier alpha value is -5.10. The van der Waals surface area contributed by atoms with Crippen molar-refractivity contribution in [2.45, 2.75) is 39.0 Å². The highest BCUT2D eigenvalue weighted by Gasteiger charge is 2.22. The van der Waals surface area contributed by atoms with Crippen LogP contribution in [0.2, 0.25) is 0 Å². The number of nitrogens with zero attached hydrogens (tertiary/aromatic N) is 5. The van der Waals surface area contributed by atoms with Gasteiger partial charge < -0.3 is 19.5 Å². The van der Waals surface area contributed by atoms with Gasteiger partial charge in [-0.05, 0) is 73.1 Å². The van der Waals surface area contributed by atoms with Crippen molar-refractivity contribution >= 4 is 38.8 Å². The zero-order valence-corrected chi connectivity index (χ0v) is 27.3. The first kappa shape index (κ1) is 31.9. The van der Waals surface area contributed by atoms with Crippen LogP contribution >= 0.6 is 11.3 Å². The molecule has 10 nitrogen and oxygen atoms in total. The fourth-order valence-corrected chi connectivity index (χ4v) is 7.25. The number of carbonyl (C=O) groups is 1. The third kappa shape index (κ3) is 6.33. The van der Waals surface area contributed by atoms with Crippen molar-refractivity contribution in [1.82, 2.24) is 24.2 Å². The lowest BCUT2D eigenvalue weighted by molar-refractivity contribution is -0.125. The molecule has 1 aliphatic rings. The molecule has 1 aromatic carbocycles. The Morgan fingerprint density at radius 1 is 1.19 bits per heavy atom. The van der Waals surface area contributed by atoms with Gasteiger partial charge in [0.15, 0.2) is 0 Å². The van der Waals surface area contributed by atoms with E-state index in [1.807, 2.05) is 6.92 Å². The molecular weight excluding hydrogens is 619 g/mol. The fourth-order valence-electron chi connectivity index (χ4n) is 5.97. The molecule has 1 aliphatic carbocycles. The molecule has 1 amide bonds. The van der Waals surface area contributed by atoms with E-state index in [1.54, 1.807) is 50.8 Å². The average molecular weight is 655 g/mol. The van der Waals surface area contributed by atoms with Crippen molar-refractivity contribution < 1.29 is 13.9 Å². The number of benzene rings is 1. The highest BCUT2D eigenvalue weighted by Crippen LogP contribution is 2.35. The minimum Gasteiger partial charge on any atom is -0.476 e. The summed E-state index contributed by atoms with van der Waals surface area (Å²) in [5, 5.41) is 8.51. The van der Waals surface area contributed by atoms with Crippen LogP contribution < -0.4 is 21.2 Å². The van der Waals surface area contributed by atoms with Gasteiger partial charge in [0.25, 0.3) is 11.1 Å². The van der Waals surface area contributed by atoms with E-state index < -0.39 is 5.82 Å². The van der Waals surface area contributed by atoms with Gasteiger partial charge in [0.2, 0.25) is 11.8 Å². The third-order valence-corrected chi connectivity index (χ3v) is 9.68. The van der Waals surface area contributed by atoms with E-state index >= 15 is 4.39 Å². The number of ether oxygens (including phenoxy) is 1. The molecule has 0 bridgehead atoms. The van der Waals surface area contributed by atoms with Crippen molar-refractivity contribution in [1.29, 1.82) is 0 Å². The van der Waals surface area contributed by atoms with Gasteiger partial charge >= 0.3 is 0 Å². The molecule has 0 fully saturated rings. The van der Waals surface area contributed by atoms with Crippen molar-refractivity contribution in [3.63, 3.8) is 0 Å². The van der Waals surface area contributed by atoms with Gasteiger partial charge in [0.1, 0.15) is 28.6 Å². The molecule has 0 radical (unpaired) electrons. The first-order valence-electron chi connectivity index (χ1n) is 15.5. The minimum absolute atomic E-state index is 0.213. The fraction of sp³-hybridized carbons (Fsp3) is 0.286. The number of likely N-dealkylation sites (N-methyl/N-ethyl adjacent to an activating group) is 1. The van der Waals surface area contributed by atoms with Crippen LogP contribution in [0, 0.1) is 5.82 Å². The van der Waals surface area contributed by atoms with E-state index in [0.717, 1.165) is 36.6 Å². The summed E-state index contributed by atoms with van der Waals surface area (Å²) >= 11 is 1.52. The Bertz CT molecular complexity index is 2140. The summed E-state index contributed by atoms with van der Waals surface area (Å²) in [4.78, 5) is 45.9. The summed E-state index contributed by atoms with van der Waals surface area (Å²) < 4.78 is 24.4. The standard InChI is InChI=1S/C35H35FN6O4S/c1-5-23-25(17-22(36)18-28(23)42-35(45)33-26(19-37-42)24-10-7-8-11-29(24)47-33)21-16-27(34(44)41(4)20-21)38-30-12-9-13-31(39-30)46-15-14-40(3)32(43)6-2/h6,9,12-13,16-20H,2,5,7-8,10-11,14-15H2,1,3-4H3,(H,38,39). The number of rotatable bonds is 10. The summed E-state index contributed by atoms with van der Waals surface area (Å²) in [5.74, 6) is -0.0611. The van der Waals surface area contributed by atoms with Gasteiger partial charge in [-0.15, -0.1) is 11.3 Å². The lowest BCUT2D eigenvalue weighted by atomic mass is 9.96. The molecule has 0 aliphatic heterocycles. The molecule has 0 saturated heterocycles. The summed E-state index contributed by atoms with van der Waals surface area (Å²) in [7, 11) is 3.27. The highest BCUT2D eigenvalue weighted by atomic mass is 32.1. The van der Waals surface area contributed by atoms with Crippen molar-refractivity contribution in [3.8, 4) is 22.7 Å². The van der Waals surface area contributed by atoms with E-state index in [-0.39, 0.29) is 29.3 Å².